The van der Waals surface area contributed by atoms with Gasteiger partial charge in [0.2, 0.25) is 0 Å². The molecule has 0 aliphatic carbocycles. The summed E-state index contributed by atoms with van der Waals surface area (Å²) in [6, 6.07) is 2.96. The van der Waals surface area contributed by atoms with E-state index in [1.54, 1.807) is 13.0 Å². The Labute approximate surface area is 91.4 Å². The van der Waals surface area contributed by atoms with E-state index in [4.69, 9.17) is 21.4 Å². The van der Waals surface area contributed by atoms with Crippen LogP contribution in [0.15, 0.2) is 12.1 Å². The first-order valence-corrected chi connectivity index (χ1v) is 4.47. The standard InChI is InChI=1S/C10H9ClO4/c1-5-3-4-6(8(12)10(13)14)7(11)9(5)15-2/h3-4H,1-2H3,(H,13,14). The number of carboxylic acids is 1. The molecule has 0 atom stereocenters. The predicted octanol–water partition coefficient (Wildman–Crippen LogP) is 1.92. The van der Waals surface area contributed by atoms with E-state index in [1.807, 2.05) is 0 Å². The smallest absolute Gasteiger partial charge is 0.377 e. The molecule has 0 fully saturated rings. The zero-order valence-electron chi connectivity index (χ0n) is 8.20. The summed E-state index contributed by atoms with van der Waals surface area (Å²) in [7, 11) is 1.41. The average Bonchev–Trinajstić information content (AvgIpc) is 2.17. The minimum Gasteiger partial charge on any atom is -0.495 e. The number of carbonyl (C=O) groups is 2. The van der Waals surface area contributed by atoms with Crippen LogP contribution in [-0.4, -0.2) is 24.0 Å². The molecule has 0 spiro atoms. The molecule has 1 rings (SSSR count). The van der Waals surface area contributed by atoms with Crippen molar-refractivity contribution in [3.8, 4) is 5.75 Å². The van der Waals surface area contributed by atoms with Crippen molar-refractivity contribution in [2.24, 2.45) is 0 Å². The van der Waals surface area contributed by atoms with Gasteiger partial charge >= 0.3 is 5.97 Å². The Kier molecular flexibility index (Phi) is 3.31. The number of benzene rings is 1. The molecule has 0 aliphatic heterocycles. The third-order valence-corrected chi connectivity index (χ3v) is 2.31. The monoisotopic (exact) mass is 228 g/mol. The molecular weight excluding hydrogens is 220 g/mol. The molecule has 0 amide bonds. The number of aliphatic carboxylic acids is 1. The number of hydrogen-bond donors (Lipinski definition) is 1. The lowest BCUT2D eigenvalue weighted by Gasteiger charge is -2.09. The summed E-state index contributed by atoms with van der Waals surface area (Å²) in [5, 5.41) is 8.58. The molecule has 0 heterocycles. The third kappa shape index (κ3) is 2.10. The summed E-state index contributed by atoms with van der Waals surface area (Å²) in [6.07, 6.45) is 0. The van der Waals surface area contributed by atoms with Gasteiger partial charge in [0, 0.05) is 0 Å². The molecule has 4 nitrogen and oxygen atoms in total. The van der Waals surface area contributed by atoms with E-state index in [-0.39, 0.29) is 10.6 Å². The number of rotatable bonds is 3. The van der Waals surface area contributed by atoms with Crippen molar-refractivity contribution in [2.45, 2.75) is 6.92 Å². The lowest BCUT2D eigenvalue weighted by Crippen LogP contribution is -2.13. The van der Waals surface area contributed by atoms with Crippen LogP contribution in [-0.2, 0) is 4.79 Å². The molecule has 0 saturated carbocycles. The highest BCUT2D eigenvalue weighted by Gasteiger charge is 2.21. The number of Topliss-reactive ketones (excluding diaryl/α,β-unsaturated/α-hetero) is 1. The van der Waals surface area contributed by atoms with Gasteiger partial charge in [-0.05, 0) is 18.6 Å². The molecule has 0 saturated heterocycles. The Morgan fingerprint density at radius 1 is 1.40 bits per heavy atom. The van der Waals surface area contributed by atoms with Crippen LogP contribution >= 0.6 is 11.6 Å². The maximum atomic E-state index is 11.2. The zero-order valence-corrected chi connectivity index (χ0v) is 8.96. The van der Waals surface area contributed by atoms with Crippen molar-refractivity contribution < 1.29 is 19.4 Å². The van der Waals surface area contributed by atoms with Crippen LogP contribution in [0.1, 0.15) is 15.9 Å². The number of ether oxygens (including phenoxy) is 1. The van der Waals surface area contributed by atoms with E-state index >= 15 is 0 Å². The van der Waals surface area contributed by atoms with Crippen LogP contribution in [0.3, 0.4) is 0 Å². The van der Waals surface area contributed by atoms with E-state index in [0.717, 1.165) is 5.56 Å². The molecular formula is C10H9ClO4. The Hall–Kier alpha value is -1.55. The van der Waals surface area contributed by atoms with Gasteiger partial charge in [0.1, 0.15) is 5.75 Å². The number of carboxylic acid groups (broad SMARTS) is 1. The molecule has 0 aromatic heterocycles. The topological polar surface area (TPSA) is 63.6 Å². The summed E-state index contributed by atoms with van der Waals surface area (Å²) in [5.41, 5.74) is 0.677. The van der Waals surface area contributed by atoms with Crippen LogP contribution in [0.25, 0.3) is 0 Å². The molecule has 0 aliphatic rings. The molecule has 1 N–H and O–H groups in total. The van der Waals surface area contributed by atoms with Crippen molar-refractivity contribution in [1.29, 1.82) is 0 Å². The van der Waals surface area contributed by atoms with E-state index in [1.165, 1.54) is 13.2 Å². The molecule has 0 unspecified atom stereocenters. The van der Waals surface area contributed by atoms with Crippen molar-refractivity contribution in [1.82, 2.24) is 0 Å². The Morgan fingerprint density at radius 3 is 2.47 bits per heavy atom. The SMILES string of the molecule is COc1c(C)ccc(C(=O)C(=O)O)c1Cl. The maximum absolute atomic E-state index is 11.2. The highest BCUT2D eigenvalue weighted by Crippen LogP contribution is 2.31. The quantitative estimate of drug-likeness (QED) is 0.634. The van der Waals surface area contributed by atoms with Crippen LogP contribution < -0.4 is 4.74 Å². The van der Waals surface area contributed by atoms with Crippen LogP contribution in [0.5, 0.6) is 5.75 Å². The van der Waals surface area contributed by atoms with Gasteiger partial charge in [-0.1, -0.05) is 17.7 Å². The molecule has 1 aromatic rings. The first-order valence-electron chi connectivity index (χ1n) is 4.09. The normalized spacial score (nSPS) is 9.80. The fraction of sp³-hybridized carbons (Fsp3) is 0.200. The maximum Gasteiger partial charge on any atom is 0.377 e. The molecule has 15 heavy (non-hydrogen) atoms. The van der Waals surface area contributed by atoms with E-state index in [2.05, 4.69) is 0 Å². The summed E-state index contributed by atoms with van der Waals surface area (Å²) < 4.78 is 4.97. The van der Waals surface area contributed by atoms with Gasteiger partial charge in [0.25, 0.3) is 5.78 Å². The van der Waals surface area contributed by atoms with Gasteiger partial charge < -0.3 is 9.84 Å². The van der Waals surface area contributed by atoms with Gasteiger partial charge in [-0.2, -0.15) is 0 Å². The van der Waals surface area contributed by atoms with Crippen molar-refractivity contribution in [3.63, 3.8) is 0 Å². The van der Waals surface area contributed by atoms with Gasteiger partial charge in [0.05, 0.1) is 17.7 Å². The van der Waals surface area contributed by atoms with Gasteiger partial charge in [-0.15, -0.1) is 0 Å². The number of methoxy groups -OCH3 is 1. The van der Waals surface area contributed by atoms with Crippen molar-refractivity contribution in [2.75, 3.05) is 7.11 Å². The summed E-state index contributed by atoms with van der Waals surface area (Å²) in [4.78, 5) is 21.7. The first-order chi connectivity index (χ1) is 6.99. The van der Waals surface area contributed by atoms with E-state index in [0.29, 0.717) is 5.75 Å². The molecule has 1 aromatic carbocycles. The number of aryl methyl sites for hydroxylation is 1. The second kappa shape index (κ2) is 4.31. The van der Waals surface area contributed by atoms with Crippen LogP contribution in [0, 0.1) is 6.92 Å². The Morgan fingerprint density at radius 2 is 2.00 bits per heavy atom. The van der Waals surface area contributed by atoms with Gasteiger partial charge in [0.15, 0.2) is 0 Å². The van der Waals surface area contributed by atoms with Gasteiger partial charge in [-0.25, -0.2) is 4.79 Å². The summed E-state index contributed by atoms with van der Waals surface area (Å²) in [6.45, 7) is 1.75. The Bertz CT molecular complexity index is 426. The largest absolute Gasteiger partial charge is 0.495 e. The molecule has 5 heteroatoms. The number of halogens is 1. The van der Waals surface area contributed by atoms with E-state index in [9.17, 15) is 9.59 Å². The minimum absolute atomic E-state index is 0.0323. The van der Waals surface area contributed by atoms with Crippen molar-refractivity contribution >= 4 is 23.4 Å². The van der Waals surface area contributed by atoms with Crippen LogP contribution in [0.2, 0.25) is 5.02 Å². The fourth-order valence-electron chi connectivity index (χ4n) is 1.19. The fourth-order valence-corrected chi connectivity index (χ4v) is 1.57. The average molecular weight is 229 g/mol. The highest BCUT2D eigenvalue weighted by molar-refractivity contribution is 6.45. The Balaban J connectivity index is 3.34. The van der Waals surface area contributed by atoms with Crippen molar-refractivity contribution in [3.05, 3.63) is 28.3 Å². The molecule has 80 valence electrons. The zero-order chi connectivity index (χ0) is 11.6. The third-order valence-electron chi connectivity index (χ3n) is 1.94. The number of carbonyl (C=O) groups excluding carboxylic acids is 1. The molecule has 0 radical (unpaired) electrons. The second-order valence-corrected chi connectivity index (χ2v) is 3.29. The number of ketones is 1. The minimum atomic E-state index is -1.54. The van der Waals surface area contributed by atoms with Gasteiger partial charge in [-0.3, -0.25) is 4.79 Å². The lowest BCUT2D eigenvalue weighted by atomic mass is 10.1. The summed E-state index contributed by atoms with van der Waals surface area (Å²) >= 11 is 5.84. The first kappa shape index (κ1) is 11.5. The van der Waals surface area contributed by atoms with E-state index < -0.39 is 11.8 Å². The highest BCUT2D eigenvalue weighted by atomic mass is 35.5. The van der Waals surface area contributed by atoms with Crippen LogP contribution in [0.4, 0.5) is 0 Å². The predicted molar refractivity (Wildman–Crippen MR) is 54.7 cm³/mol. The molecule has 0 bridgehead atoms. The second-order valence-electron chi connectivity index (χ2n) is 2.91. The summed E-state index contributed by atoms with van der Waals surface area (Å²) in [5.74, 6) is -2.26. The lowest BCUT2D eigenvalue weighted by molar-refractivity contribution is -0.131. The number of hydrogen-bond acceptors (Lipinski definition) is 3.